The highest BCUT2D eigenvalue weighted by Gasteiger charge is 2.08. The van der Waals surface area contributed by atoms with Crippen molar-refractivity contribution in [2.75, 3.05) is 0 Å². The molecule has 0 aliphatic carbocycles. The van der Waals surface area contributed by atoms with Crippen LogP contribution in [0.3, 0.4) is 0 Å². The Kier molecular flexibility index (Phi) is 2.22. The Labute approximate surface area is 98.2 Å². The van der Waals surface area contributed by atoms with Gasteiger partial charge in [-0.1, -0.05) is 30.3 Å². The molecule has 3 rings (SSSR count). The molecule has 0 saturated carbocycles. The van der Waals surface area contributed by atoms with Crippen LogP contribution in [0.4, 0.5) is 0 Å². The van der Waals surface area contributed by atoms with E-state index in [0.717, 1.165) is 11.3 Å². The highest BCUT2D eigenvalue weighted by atomic mass is 15.2. The molecule has 5 nitrogen and oxygen atoms in total. The van der Waals surface area contributed by atoms with Crippen LogP contribution < -0.4 is 0 Å². The number of nitrogens with one attached hydrogen (secondary N) is 1. The number of aryl methyl sites for hydroxylation is 1. The Bertz CT molecular complexity index is 623. The second-order valence-corrected chi connectivity index (χ2v) is 3.80. The maximum Gasteiger partial charge on any atom is 0.181 e. The molecule has 2 heterocycles. The lowest BCUT2D eigenvalue weighted by atomic mass is 10.2. The maximum atomic E-state index is 4.42. The number of aromatic nitrogens is 5. The van der Waals surface area contributed by atoms with Gasteiger partial charge in [0, 0.05) is 18.8 Å². The highest BCUT2D eigenvalue weighted by Crippen LogP contribution is 2.17. The van der Waals surface area contributed by atoms with Gasteiger partial charge in [0.25, 0.3) is 0 Å². The number of benzene rings is 1. The summed E-state index contributed by atoms with van der Waals surface area (Å²) in [6.45, 7) is 0. The van der Waals surface area contributed by atoms with Crippen LogP contribution in [-0.4, -0.2) is 24.7 Å². The molecule has 5 heteroatoms. The molecule has 2 aromatic heterocycles. The van der Waals surface area contributed by atoms with Gasteiger partial charge < -0.3 is 4.57 Å². The van der Waals surface area contributed by atoms with Crippen molar-refractivity contribution in [2.24, 2.45) is 7.05 Å². The van der Waals surface area contributed by atoms with Gasteiger partial charge in [-0.15, -0.1) is 0 Å². The van der Waals surface area contributed by atoms with Gasteiger partial charge in [-0.05, 0) is 0 Å². The van der Waals surface area contributed by atoms with Crippen molar-refractivity contribution in [1.29, 1.82) is 0 Å². The van der Waals surface area contributed by atoms with Crippen molar-refractivity contribution in [2.45, 2.75) is 0 Å². The molecule has 3 aromatic rings. The van der Waals surface area contributed by atoms with Gasteiger partial charge in [0.15, 0.2) is 11.6 Å². The summed E-state index contributed by atoms with van der Waals surface area (Å²) in [7, 11) is 1.92. The van der Waals surface area contributed by atoms with Gasteiger partial charge in [-0.25, -0.2) is 9.97 Å². The summed E-state index contributed by atoms with van der Waals surface area (Å²) in [4.78, 5) is 8.64. The number of rotatable bonds is 2. The van der Waals surface area contributed by atoms with E-state index in [2.05, 4.69) is 20.2 Å². The van der Waals surface area contributed by atoms with Gasteiger partial charge >= 0.3 is 0 Å². The zero-order valence-electron chi connectivity index (χ0n) is 9.33. The lowest BCUT2D eigenvalue weighted by Gasteiger charge is -1.91. The smallest absolute Gasteiger partial charge is 0.181 e. The topological polar surface area (TPSA) is 59.4 Å². The largest absolute Gasteiger partial charge is 0.340 e. The first-order valence-corrected chi connectivity index (χ1v) is 5.29. The maximum absolute atomic E-state index is 4.42. The standard InChI is InChI=1S/C12H11N5/c1-17-7-10(13-8-17)12-14-11(15-16-12)9-5-3-2-4-6-9/h2-8H,1H3,(H,14,15,16). The molecule has 0 fully saturated rings. The predicted molar refractivity (Wildman–Crippen MR) is 64.0 cm³/mol. The van der Waals surface area contributed by atoms with E-state index in [0.29, 0.717) is 11.6 Å². The fourth-order valence-electron chi connectivity index (χ4n) is 1.63. The van der Waals surface area contributed by atoms with E-state index in [1.54, 1.807) is 6.33 Å². The van der Waals surface area contributed by atoms with Gasteiger partial charge in [0.2, 0.25) is 0 Å². The lowest BCUT2D eigenvalue weighted by molar-refractivity contribution is 0.913. The van der Waals surface area contributed by atoms with Gasteiger partial charge in [0.1, 0.15) is 5.69 Å². The van der Waals surface area contributed by atoms with Crippen LogP contribution in [-0.2, 0) is 7.05 Å². The minimum Gasteiger partial charge on any atom is -0.340 e. The molecular formula is C12H11N5. The molecule has 1 N–H and O–H groups in total. The van der Waals surface area contributed by atoms with E-state index in [1.807, 2.05) is 48.1 Å². The van der Waals surface area contributed by atoms with E-state index < -0.39 is 0 Å². The summed E-state index contributed by atoms with van der Waals surface area (Å²) in [6, 6.07) is 9.85. The highest BCUT2D eigenvalue weighted by molar-refractivity contribution is 5.58. The third-order valence-electron chi connectivity index (χ3n) is 2.46. The first kappa shape index (κ1) is 9.77. The molecule has 84 valence electrons. The summed E-state index contributed by atoms with van der Waals surface area (Å²) in [5.74, 6) is 1.37. The molecule has 0 aliphatic heterocycles. The summed E-state index contributed by atoms with van der Waals surface area (Å²) in [5, 5.41) is 7.08. The average molecular weight is 225 g/mol. The molecule has 0 unspecified atom stereocenters. The quantitative estimate of drug-likeness (QED) is 0.724. The zero-order chi connectivity index (χ0) is 11.7. The fraction of sp³-hybridized carbons (Fsp3) is 0.0833. The van der Waals surface area contributed by atoms with Crippen molar-refractivity contribution in [3.8, 4) is 22.9 Å². The SMILES string of the molecule is Cn1cnc(-c2nc(-c3ccccc3)n[nH]2)c1. The Morgan fingerprint density at radius 3 is 2.71 bits per heavy atom. The Morgan fingerprint density at radius 2 is 2.00 bits per heavy atom. The van der Waals surface area contributed by atoms with Crippen LogP contribution in [0.5, 0.6) is 0 Å². The van der Waals surface area contributed by atoms with Crippen LogP contribution in [0, 0.1) is 0 Å². The fourth-order valence-corrected chi connectivity index (χ4v) is 1.63. The van der Waals surface area contributed by atoms with E-state index in [9.17, 15) is 0 Å². The molecule has 0 bridgehead atoms. The van der Waals surface area contributed by atoms with Gasteiger partial charge in [0.05, 0.1) is 6.33 Å². The molecule has 0 saturated heterocycles. The lowest BCUT2D eigenvalue weighted by Crippen LogP contribution is -1.81. The minimum atomic E-state index is 0.685. The number of nitrogens with zero attached hydrogens (tertiary/aromatic N) is 4. The Balaban J connectivity index is 1.99. The third-order valence-corrected chi connectivity index (χ3v) is 2.46. The first-order valence-electron chi connectivity index (χ1n) is 5.29. The van der Waals surface area contributed by atoms with Crippen LogP contribution in [0.25, 0.3) is 22.9 Å². The average Bonchev–Trinajstić information content (AvgIpc) is 2.98. The summed E-state index contributed by atoms with van der Waals surface area (Å²) < 4.78 is 1.88. The number of imidazole rings is 1. The zero-order valence-corrected chi connectivity index (χ0v) is 9.33. The third kappa shape index (κ3) is 1.82. The monoisotopic (exact) mass is 225 g/mol. The number of aromatic amines is 1. The van der Waals surface area contributed by atoms with Crippen LogP contribution >= 0.6 is 0 Å². The Hall–Kier alpha value is -2.43. The second kappa shape index (κ2) is 3.86. The van der Waals surface area contributed by atoms with Crippen LogP contribution in [0.2, 0.25) is 0 Å². The van der Waals surface area contributed by atoms with E-state index >= 15 is 0 Å². The predicted octanol–water partition coefficient (Wildman–Crippen LogP) is 1.87. The Morgan fingerprint density at radius 1 is 1.18 bits per heavy atom. The normalized spacial score (nSPS) is 10.6. The van der Waals surface area contributed by atoms with Crippen molar-refractivity contribution < 1.29 is 0 Å². The van der Waals surface area contributed by atoms with E-state index in [-0.39, 0.29) is 0 Å². The van der Waals surface area contributed by atoms with Crippen molar-refractivity contribution in [3.63, 3.8) is 0 Å². The minimum absolute atomic E-state index is 0.685. The molecule has 1 aromatic carbocycles. The first-order chi connectivity index (χ1) is 8.33. The summed E-state index contributed by atoms with van der Waals surface area (Å²) in [5.41, 5.74) is 1.79. The van der Waals surface area contributed by atoms with Crippen molar-refractivity contribution >= 4 is 0 Å². The number of hydrogen-bond donors (Lipinski definition) is 1. The summed E-state index contributed by atoms with van der Waals surface area (Å²) >= 11 is 0. The molecule has 0 atom stereocenters. The summed E-state index contributed by atoms with van der Waals surface area (Å²) in [6.07, 6.45) is 3.63. The van der Waals surface area contributed by atoms with Crippen LogP contribution in [0.1, 0.15) is 0 Å². The molecular weight excluding hydrogens is 214 g/mol. The number of hydrogen-bond acceptors (Lipinski definition) is 3. The van der Waals surface area contributed by atoms with Crippen LogP contribution in [0.15, 0.2) is 42.9 Å². The van der Waals surface area contributed by atoms with Crippen molar-refractivity contribution in [3.05, 3.63) is 42.9 Å². The molecule has 0 aliphatic rings. The van der Waals surface area contributed by atoms with Gasteiger partial charge in [-0.2, -0.15) is 5.10 Å². The molecule has 0 radical (unpaired) electrons. The molecule has 0 amide bonds. The van der Waals surface area contributed by atoms with E-state index in [4.69, 9.17) is 0 Å². The second-order valence-electron chi connectivity index (χ2n) is 3.80. The van der Waals surface area contributed by atoms with E-state index in [1.165, 1.54) is 0 Å². The molecule has 0 spiro atoms. The van der Waals surface area contributed by atoms with Crippen molar-refractivity contribution in [1.82, 2.24) is 24.7 Å². The van der Waals surface area contributed by atoms with Gasteiger partial charge in [-0.3, -0.25) is 5.10 Å². The molecule has 17 heavy (non-hydrogen) atoms. The number of H-pyrrole nitrogens is 1.